The highest BCUT2D eigenvalue weighted by Gasteiger charge is 2.24. The maximum absolute atomic E-state index is 12.6. The summed E-state index contributed by atoms with van der Waals surface area (Å²) in [5.41, 5.74) is 0.398. The van der Waals surface area contributed by atoms with E-state index in [1.165, 1.54) is 7.11 Å². The van der Waals surface area contributed by atoms with Crippen LogP contribution >= 0.6 is 23.4 Å². The van der Waals surface area contributed by atoms with Crippen LogP contribution in [0.5, 0.6) is 0 Å². The second-order valence-electron chi connectivity index (χ2n) is 7.63. The van der Waals surface area contributed by atoms with Gasteiger partial charge in [-0.1, -0.05) is 25.4 Å². The Kier molecular flexibility index (Phi) is 12.8. The fourth-order valence-corrected chi connectivity index (χ4v) is 3.46. The zero-order valence-corrected chi connectivity index (χ0v) is 20.5. The number of carbonyl (C=O) groups excluding carboxylic acids is 4. The summed E-state index contributed by atoms with van der Waals surface area (Å²) in [6.07, 6.45) is 2.80. The van der Waals surface area contributed by atoms with E-state index in [9.17, 15) is 19.2 Å². The van der Waals surface area contributed by atoms with Crippen molar-refractivity contribution in [2.24, 2.45) is 5.92 Å². The first-order valence-corrected chi connectivity index (χ1v) is 12.1. The molecule has 8 nitrogen and oxygen atoms in total. The lowest BCUT2D eigenvalue weighted by atomic mass is 10.0. The number of rotatable bonds is 13. The van der Waals surface area contributed by atoms with Crippen molar-refractivity contribution in [3.8, 4) is 0 Å². The zero-order chi connectivity index (χ0) is 24.1. The molecular weight excluding hydrogens is 454 g/mol. The third kappa shape index (κ3) is 10.4. The van der Waals surface area contributed by atoms with Crippen LogP contribution in [0.15, 0.2) is 24.3 Å². The highest BCUT2D eigenvalue weighted by atomic mass is 35.5. The Labute approximate surface area is 198 Å². The number of thioether (sulfide) groups is 1. The van der Waals surface area contributed by atoms with Crippen LogP contribution in [0.2, 0.25) is 5.02 Å². The van der Waals surface area contributed by atoms with E-state index >= 15 is 0 Å². The van der Waals surface area contributed by atoms with Crippen LogP contribution in [0.3, 0.4) is 0 Å². The van der Waals surface area contributed by atoms with Crippen molar-refractivity contribution in [1.82, 2.24) is 16.0 Å². The summed E-state index contributed by atoms with van der Waals surface area (Å²) in [6.45, 7) is 3.97. The van der Waals surface area contributed by atoms with Crippen LogP contribution in [-0.2, 0) is 19.1 Å². The van der Waals surface area contributed by atoms with Gasteiger partial charge in [0.1, 0.15) is 12.1 Å². The fraction of sp³-hybridized carbons (Fsp3) is 0.545. The summed E-state index contributed by atoms with van der Waals surface area (Å²) >= 11 is 7.41. The van der Waals surface area contributed by atoms with Crippen LogP contribution in [0.25, 0.3) is 0 Å². The van der Waals surface area contributed by atoms with Crippen LogP contribution < -0.4 is 16.0 Å². The molecule has 0 saturated carbocycles. The Morgan fingerprint density at radius 3 is 2.28 bits per heavy atom. The van der Waals surface area contributed by atoms with Gasteiger partial charge in [-0.05, 0) is 55.0 Å². The number of nitrogens with one attached hydrogen (secondary N) is 3. The summed E-state index contributed by atoms with van der Waals surface area (Å²) in [4.78, 5) is 49.1. The predicted molar refractivity (Wildman–Crippen MR) is 127 cm³/mol. The van der Waals surface area contributed by atoms with E-state index in [0.29, 0.717) is 29.2 Å². The van der Waals surface area contributed by atoms with Gasteiger partial charge in [0.25, 0.3) is 5.91 Å². The molecule has 0 spiro atoms. The smallest absolute Gasteiger partial charge is 0.328 e. The molecule has 1 aromatic carbocycles. The lowest BCUT2D eigenvalue weighted by Gasteiger charge is -2.20. The molecule has 3 amide bonds. The molecule has 0 aliphatic carbocycles. The van der Waals surface area contributed by atoms with Crippen molar-refractivity contribution in [2.45, 2.75) is 45.2 Å². The predicted octanol–water partition coefficient (Wildman–Crippen LogP) is 2.40. The average Bonchev–Trinajstić information content (AvgIpc) is 2.75. The highest BCUT2D eigenvalue weighted by molar-refractivity contribution is 7.98. The lowest BCUT2D eigenvalue weighted by Crippen LogP contribution is -2.48. The standard InChI is InChI=1S/C22H32ClN3O5S/c1-14(2)13-18(26-20(28)15-5-7-16(23)8-6-15)21(29)24-11-9-19(27)25-17(10-12-32-4)22(30)31-3/h5-8,14,17-18H,9-13H2,1-4H3,(H,24,29)(H,25,27)(H,26,28). The maximum atomic E-state index is 12.6. The molecule has 0 saturated heterocycles. The van der Waals surface area contributed by atoms with Crippen molar-refractivity contribution in [1.29, 1.82) is 0 Å². The zero-order valence-electron chi connectivity index (χ0n) is 18.9. The number of benzene rings is 1. The number of methoxy groups -OCH3 is 1. The molecule has 0 radical (unpaired) electrons. The summed E-state index contributed by atoms with van der Waals surface area (Å²) in [5.74, 6) is -0.765. The van der Waals surface area contributed by atoms with Crippen LogP contribution in [0.1, 0.15) is 43.5 Å². The topological polar surface area (TPSA) is 114 Å². The molecule has 10 heteroatoms. The first-order valence-electron chi connectivity index (χ1n) is 10.4. The Morgan fingerprint density at radius 2 is 1.72 bits per heavy atom. The van der Waals surface area contributed by atoms with E-state index in [2.05, 4.69) is 16.0 Å². The van der Waals surface area contributed by atoms with Crippen LogP contribution in [-0.4, -0.2) is 61.4 Å². The maximum Gasteiger partial charge on any atom is 0.328 e. The van der Waals surface area contributed by atoms with Crippen molar-refractivity contribution in [3.63, 3.8) is 0 Å². The monoisotopic (exact) mass is 485 g/mol. The second-order valence-corrected chi connectivity index (χ2v) is 9.05. The molecule has 2 unspecified atom stereocenters. The normalized spacial score (nSPS) is 12.6. The highest BCUT2D eigenvalue weighted by Crippen LogP contribution is 2.11. The van der Waals surface area contributed by atoms with Crippen LogP contribution in [0.4, 0.5) is 0 Å². The molecular formula is C22H32ClN3O5S. The molecule has 32 heavy (non-hydrogen) atoms. The van der Waals surface area contributed by atoms with Gasteiger partial charge in [-0.2, -0.15) is 11.8 Å². The number of halogens is 1. The summed E-state index contributed by atoms with van der Waals surface area (Å²) < 4.78 is 4.72. The average molecular weight is 486 g/mol. The minimum absolute atomic E-state index is 0.00195. The van der Waals surface area contributed by atoms with E-state index in [-0.39, 0.29) is 36.6 Å². The van der Waals surface area contributed by atoms with Crippen molar-refractivity contribution >= 4 is 47.1 Å². The third-order valence-electron chi connectivity index (χ3n) is 4.52. The van der Waals surface area contributed by atoms with Gasteiger partial charge in [0.2, 0.25) is 11.8 Å². The van der Waals surface area contributed by atoms with E-state index in [1.54, 1.807) is 36.0 Å². The SMILES string of the molecule is COC(=O)C(CCSC)NC(=O)CCNC(=O)C(CC(C)C)NC(=O)c1ccc(Cl)cc1. The second kappa shape index (κ2) is 14.7. The summed E-state index contributed by atoms with van der Waals surface area (Å²) in [5, 5.41) is 8.58. The molecule has 0 aliphatic heterocycles. The summed E-state index contributed by atoms with van der Waals surface area (Å²) in [6, 6.07) is 4.91. The van der Waals surface area contributed by atoms with Gasteiger partial charge < -0.3 is 20.7 Å². The number of carbonyl (C=O) groups is 4. The molecule has 0 aromatic heterocycles. The van der Waals surface area contributed by atoms with Crippen LogP contribution in [0, 0.1) is 5.92 Å². The largest absolute Gasteiger partial charge is 0.467 e. The quantitative estimate of drug-likeness (QED) is 0.370. The Bertz CT molecular complexity index is 773. The van der Waals surface area contributed by atoms with Gasteiger partial charge in [0.05, 0.1) is 7.11 Å². The molecule has 0 fully saturated rings. The van der Waals surface area contributed by atoms with E-state index in [4.69, 9.17) is 16.3 Å². The number of amides is 3. The van der Waals surface area contributed by atoms with E-state index in [0.717, 1.165) is 0 Å². The molecule has 0 bridgehead atoms. The van der Waals surface area contributed by atoms with Crippen molar-refractivity contribution < 1.29 is 23.9 Å². The van der Waals surface area contributed by atoms with Gasteiger partial charge in [0, 0.05) is 23.6 Å². The van der Waals surface area contributed by atoms with Crippen molar-refractivity contribution in [2.75, 3.05) is 25.7 Å². The Hall–Kier alpha value is -2.26. The van der Waals surface area contributed by atoms with Crippen molar-refractivity contribution in [3.05, 3.63) is 34.9 Å². The molecule has 1 rings (SSSR count). The summed E-state index contributed by atoms with van der Waals surface area (Å²) in [7, 11) is 1.27. The molecule has 0 aliphatic rings. The first kappa shape index (κ1) is 27.8. The third-order valence-corrected chi connectivity index (χ3v) is 5.41. The minimum Gasteiger partial charge on any atom is -0.467 e. The first-order chi connectivity index (χ1) is 15.2. The number of esters is 1. The van der Waals surface area contributed by atoms with Gasteiger partial charge in [-0.3, -0.25) is 14.4 Å². The number of hydrogen-bond acceptors (Lipinski definition) is 6. The lowest BCUT2D eigenvalue weighted by molar-refractivity contribution is -0.145. The van der Waals surface area contributed by atoms with E-state index < -0.39 is 18.1 Å². The van der Waals surface area contributed by atoms with Gasteiger partial charge in [-0.25, -0.2) is 4.79 Å². The molecule has 0 heterocycles. The van der Waals surface area contributed by atoms with Gasteiger partial charge in [-0.15, -0.1) is 0 Å². The Morgan fingerprint density at radius 1 is 1.06 bits per heavy atom. The number of ether oxygens (including phenoxy) is 1. The molecule has 1 aromatic rings. The van der Waals surface area contributed by atoms with Gasteiger partial charge >= 0.3 is 5.97 Å². The molecule has 3 N–H and O–H groups in total. The van der Waals surface area contributed by atoms with Gasteiger partial charge in [0.15, 0.2) is 0 Å². The Balaban J connectivity index is 2.60. The molecule has 2 atom stereocenters. The number of hydrogen-bond donors (Lipinski definition) is 3. The molecule has 178 valence electrons. The minimum atomic E-state index is -0.745. The van der Waals surface area contributed by atoms with E-state index in [1.807, 2.05) is 20.1 Å². The fourth-order valence-electron chi connectivity index (χ4n) is 2.86.